The molecular weight excluding hydrogens is 296 g/mol. The topological polar surface area (TPSA) is 58.6 Å². The van der Waals surface area contributed by atoms with Gasteiger partial charge in [0.05, 0.1) is 10.7 Å². The largest absolute Gasteiger partial charge is 0.292 e. The quantitative estimate of drug-likeness (QED) is 0.699. The Kier molecular flexibility index (Phi) is 3.28. The first-order valence-corrected chi connectivity index (χ1v) is 5.40. The number of aromatic nitrogens is 3. The fraction of sp³-hybridized carbons (Fsp3) is 0.100. The van der Waals surface area contributed by atoms with Crippen LogP contribution in [0.1, 0.15) is 16.1 Å². The lowest BCUT2D eigenvalue weighted by atomic mass is 10.1. The van der Waals surface area contributed by atoms with Crippen molar-refractivity contribution >= 4 is 21.7 Å². The molecule has 0 atom stereocenters. The lowest BCUT2D eigenvalue weighted by molar-refractivity contribution is 0.0985. The minimum Gasteiger partial charge on any atom is -0.292 e. The molecule has 0 aliphatic heterocycles. The number of rotatable bonds is 3. The van der Waals surface area contributed by atoms with Crippen LogP contribution >= 0.6 is 15.9 Å². The van der Waals surface area contributed by atoms with Crippen molar-refractivity contribution in [2.45, 2.75) is 6.42 Å². The maximum Gasteiger partial charge on any atom is 0.189 e. The lowest BCUT2D eigenvalue weighted by Crippen LogP contribution is -2.08. The number of halogens is 3. The summed E-state index contributed by atoms with van der Waals surface area (Å²) in [4.78, 5) is 11.6. The van der Waals surface area contributed by atoms with Crippen molar-refractivity contribution in [3.05, 3.63) is 45.7 Å². The third kappa shape index (κ3) is 2.38. The van der Waals surface area contributed by atoms with Crippen LogP contribution in [-0.2, 0) is 6.42 Å². The Morgan fingerprint density at radius 1 is 1.41 bits per heavy atom. The minimum absolute atomic E-state index is 0.0452. The van der Waals surface area contributed by atoms with Crippen molar-refractivity contribution in [2.75, 3.05) is 0 Å². The molecule has 0 unspecified atom stereocenters. The number of Topliss-reactive ketones (excluding diaryl/α,β-unsaturated/α-hetero) is 1. The van der Waals surface area contributed by atoms with E-state index in [9.17, 15) is 13.6 Å². The van der Waals surface area contributed by atoms with Crippen LogP contribution in [0, 0.1) is 11.6 Å². The number of ketones is 1. The van der Waals surface area contributed by atoms with E-state index in [2.05, 4.69) is 31.3 Å². The van der Waals surface area contributed by atoms with E-state index in [-0.39, 0.29) is 15.7 Å². The van der Waals surface area contributed by atoms with Gasteiger partial charge in [0.1, 0.15) is 17.3 Å². The van der Waals surface area contributed by atoms with Crippen LogP contribution in [0.25, 0.3) is 0 Å². The monoisotopic (exact) mass is 301 g/mol. The second kappa shape index (κ2) is 4.70. The molecule has 0 saturated heterocycles. The molecule has 7 heteroatoms. The van der Waals surface area contributed by atoms with Crippen LogP contribution in [0.3, 0.4) is 0 Å². The van der Waals surface area contributed by atoms with Crippen LogP contribution in [0.4, 0.5) is 8.78 Å². The molecule has 88 valence electrons. The van der Waals surface area contributed by atoms with Gasteiger partial charge < -0.3 is 0 Å². The number of carbonyl (C=O) groups excluding carboxylic acids is 1. The van der Waals surface area contributed by atoms with E-state index in [1.54, 1.807) is 0 Å². The molecule has 17 heavy (non-hydrogen) atoms. The Balaban J connectivity index is 2.31. The number of hydrogen-bond acceptors (Lipinski definition) is 3. The van der Waals surface area contributed by atoms with Crippen molar-refractivity contribution in [1.29, 1.82) is 0 Å². The van der Waals surface area contributed by atoms with Crippen molar-refractivity contribution in [3.8, 4) is 0 Å². The van der Waals surface area contributed by atoms with E-state index in [0.717, 1.165) is 6.07 Å². The highest BCUT2D eigenvalue weighted by molar-refractivity contribution is 9.10. The molecule has 1 heterocycles. The maximum absolute atomic E-state index is 13.6. The summed E-state index contributed by atoms with van der Waals surface area (Å²) in [6, 6.07) is 2.34. The van der Waals surface area contributed by atoms with E-state index in [1.165, 1.54) is 12.3 Å². The summed E-state index contributed by atoms with van der Waals surface area (Å²) in [5.74, 6) is -2.04. The van der Waals surface area contributed by atoms with Crippen LogP contribution < -0.4 is 0 Å². The first kappa shape index (κ1) is 11.8. The number of nitrogens with one attached hydrogen (secondary N) is 1. The second-order valence-electron chi connectivity index (χ2n) is 3.28. The summed E-state index contributed by atoms with van der Waals surface area (Å²) in [5.41, 5.74) is -0.240. The number of hydrogen-bond donors (Lipinski definition) is 1. The Morgan fingerprint density at radius 3 is 2.82 bits per heavy atom. The van der Waals surface area contributed by atoms with Crippen molar-refractivity contribution in [2.24, 2.45) is 0 Å². The van der Waals surface area contributed by atoms with E-state index in [0.29, 0.717) is 0 Å². The SMILES string of the molecule is O=C(Cc1c(F)ccc(Br)c1F)c1cn[nH]n1. The molecule has 0 spiro atoms. The molecule has 4 nitrogen and oxygen atoms in total. The van der Waals surface area contributed by atoms with E-state index in [4.69, 9.17) is 0 Å². The molecular formula is C10H6BrF2N3O. The van der Waals surface area contributed by atoms with E-state index < -0.39 is 23.8 Å². The highest BCUT2D eigenvalue weighted by atomic mass is 79.9. The normalized spacial score (nSPS) is 10.5. The van der Waals surface area contributed by atoms with Gasteiger partial charge in [-0.2, -0.15) is 15.4 Å². The summed E-state index contributed by atoms with van der Waals surface area (Å²) in [5, 5.41) is 9.26. The number of H-pyrrole nitrogens is 1. The Hall–Kier alpha value is -1.63. The Bertz CT molecular complexity index is 557. The van der Waals surface area contributed by atoms with Crippen LogP contribution in [0.5, 0.6) is 0 Å². The van der Waals surface area contributed by atoms with Gasteiger partial charge in [-0.15, -0.1) is 0 Å². The van der Waals surface area contributed by atoms with Gasteiger partial charge in [-0.05, 0) is 28.1 Å². The average Bonchev–Trinajstić information content (AvgIpc) is 2.83. The Morgan fingerprint density at radius 2 is 2.18 bits per heavy atom. The summed E-state index contributed by atoms with van der Waals surface area (Å²) in [6.45, 7) is 0. The van der Waals surface area contributed by atoms with Gasteiger partial charge in [0, 0.05) is 12.0 Å². The molecule has 1 N–H and O–H groups in total. The van der Waals surface area contributed by atoms with Crippen molar-refractivity contribution < 1.29 is 13.6 Å². The Labute approximate surface area is 103 Å². The fourth-order valence-corrected chi connectivity index (χ4v) is 1.69. The highest BCUT2D eigenvalue weighted by Crippen LogP contribution is 2.22. The van der Waals surface area contributed by atoms with Gasteiger partial charge in [0.2, 0.25) is 0 Å². The molecule has 2 aromatic rings. The van der Waals surface area contributed by atoms with Gasteiger partial charge in [-0.25, -0.2) is 8.78 Å². The standard InChI is InChI=1S/C10H6BrF2N3O/c11-6-1-2-7(12)5(10(6)13)3-9(17)8-4-14-16-15-8/h1-2,4H,3H2,(H,14,15,16). The zero-order valence-corrected chi connectivity index (χ0v) is 9.96. The number of aromatic amines is 1. The number of nitrogens with zero attached hydrogens (tertiary/aromatic N) is 2. The van der Waals surface area contributed by atoms with Gasteiger partial charge in [-0.1, -0.05) is 0 Å². The molecule has 0 fully saturated rings. The number of benzene rings is 1. The van der Waals surface area contributed by atoms with Crippen LogP contribution in [-0.4, -0.2) is 21.2 Å². The highest BCUT2D eigenvalue weighted by Gasteiger charge is 2.18. The lowest BCUT2D eigenvalue weighted by Gasteiger charge is -2.04. The summed E-state index contributed by atoms with van der Waals surface area (Å²) >= 11 is 2.93. The number of carbonyl (C=O) groups is 1. The predicted octanol–water partition coefficient (Wildman–Crippen LogP) is 2.27. The van der Waals surface area contributed by atoms with Crippen LogP contribution in [0.2, 0.25) is 0 Å². The van der Waals surface area contributed by atoms with Crippen molar-refractivity contribution in [1.82, 2.24) is 15.4 Å². The summed E-state index contributed by atoms with van der Waals surface area (Å²) in [7, 11) is 0. The van der Waals surface area contributed by atoms with Gasteiger partial charge in [0.15, 0.2) is 5.78 Å². The zero-order valence-electron chi connectivity index (χ0n) is 8.38. The van der Waals surface area contributed by atoms with E-state index in [1.807, 2.05) is 0 Å². The second-order valence-corrected chi connectivity index (χ2v) is 4.13. The maximum atomic E-state index is 13.6. The van der Waals surface area contributed by atoms with Crippen molar-refractivity contribution in [3.63, 3.8) is 0 Å². The molecule has 1 aromatic heterocycles. The smallest absolute Gasteiger partial charge is 0.189 e. The molecule has 2 rings (SSSR count). The zero-order chi connectivity index (χ0) is 12.4. The van der Waals surface area contributed by atoms with Crippen LogP contribution in [0.15, 0.2) is 22.8 Å². The molecule has 0 saturated carbocycles. The average molecular weight is 302 g/mol. The van der Waals surface area contributed by atoms with Gasteiger partial charge >= 0.3 is 0 Å². The molecule has 0 bridgehead atoms. The summed E-state index contributed by atoms with van der Waals surface area (Å²) < 4.78 is 27.1. The third-order valence-corrected chi connectivity index (χ3v) is 2.79. The van der Waals surface area contributed by atoms with E-state index >= 15 is 0 Å². The molecule has 0 aliphatic carbocycles. The third-order valence-electron chi connectivity index (χ3n) is 2.18. The molecule has 0 aliphatic rings. The molecule has 0 amide bonds. The first-order valence-electron chi connectivity index (χ1n) is 4.61. The first-order chi connectivity index (χ1) is 8.09. The molecule has 1 aromatic carbocycles. The fourth-order valence-electron chi connectivity index (χ4n) is 1.32. The summed E-state index contributed by atoms with van der Waals surface area (Å²) in [6.07, 6.45) is 0.805. The molecule has 0 radical (unpaired) electrons. The predicted molar refractivity (Wildman–Crippen MR) is 58.5 cm³/mol. The van der Waals surface area contributed by atoms with Gasteiger partial charge in [-0.3, -0.25) is 4.79 Å². The minimum atomic E-state index is -0.776. The van der Waals surface area contributed by atoms with Gasteiger partial charge in [0.25, 0.3) is 0 Å².